The van der Waals surface area contributed by atoms with Crippen LogP contribution < -0.4 is 5.56 Å². The van der Waals surface area contributed by atoms with Gasteiger partial charge in [-0.3, -0.25) is 14.2 Å². The van der Waals surface area contributed by atoms with Crippen molar-refractivity contribution < 1.29 is 4.79 Å². The number of ketones is 1. The second-order valence-electron chi connectivity index (χ2n) is 6.79. The molecule has 0 unspecified atom stereocenters. The van der Waals surface area contributed by atoms with E-state index >= 15 is 0 Å². The van der Waals surface area contributed by atoms with E-state index in [1.165, 1.54) is 16.3 Å². The highest BCUT2D eigenvalue weighted by Gasteiger charge is 2.15. The summed E-state index contributed by atoms with van der Waals surface area (Å²) in [4.78, 5) is 30.5. The molecule has 0 saturated carbocycles. The Balaban J connectivity index is 1.75. The molecule has 6 heteroatoms. The molecule has 0 aliphatic heterocycles. The molecular weight excluding hydrogens is 394 g/mol. The first kappa shape index (κ1) is 19.6. The number of benzene rings is 3. The molecule has 1 aromatic heterocycles. The maximum Gasteiger partial charge on any atom is 0.266 e. The summed E-state index contributed by atoms with van der Waals surface area (Å²) in [5.41, 5.74) is 3.19. The number of carbonyl (C=O) groups is 1. The van der Waals surface area contributed by atoms with Crippen molar-refractivity contribution in [3.8, 4) is 11.8 Å². The Morgan fingerprint density at radius 2 is 1.73 bits per heavy atom. The number of nitriles is 1. The van der Waals surface area contributed by atoms with Crippen LogP contribution in [-0.4, -0.2) is 21.1 Å². The summed E-state index contributed by atoms with van der Waals surface area (Å²) in [5.74, 6) is 0.123. The zero-order chi connectivity index (χ0) is 21.1. The Morgan fingerprint density at radius 3 is 2.43 bits per heavy atom. The van der Waals surface area contributed by atoms with Crippen molar-refractivity contribution >= 4 is 28.4 Å². The highest BCUT2D eigenvalue weighted by molar-refractivity contribution is 7.99. The van der Waals surface area contributed by atoms with Gasteiger partial charge < -0.3 is 0 Å². The van der Waals surface area contributed by atoms with E-state index in [-0.39, 0.29) is 17.1 Å². The minimum absolute atomic E-state index is 0.0335. The lowest BCUT2D eigenvalue weighted by molar-refractivity contribution is 0.102. The number of hydrogen-bond donors (Lipinski definition) is 0. The number of aromatic nitrogens is 2. The fraction of sp³-hybridized carbons (Fsp3) is 0.0833. The molecule has 4 aromatic rings. The van der Waals surface area contributed by atoms with Gasteiger partial charge in [-0.2, -0.15) is 5.26 Å². The molecule has 1 heterocycles. The van der Waals surface area contributed by atoms with Gasteiger partial charge >= 0.3 is 0 Å². The van der Waals surface area contributed by atoms with Crippen molar-refractivity contribution in [2.75, 3.05) is 5.75 Å². The van der Waals surface area contributed by atoms with Gasteiger partial charge in [0.15, 0.2) is 10.9 Å². The average molecular weight is 411 g/mol. The molecule has 0 bridgehead atoms. The zero-order valence-electron chi connectivity index (χ0n) is 16.2. The highest BCUT2D eigenvalue weighted by atomic mass is 32.2. The molecule has 0 atom stereocenters. The largest absolute Gasteiger partial charge is 0.293 e. The van der Waals surface area contributed by atoms with E-state index in [1.807, 2.05) is 25.1 Å². The fourth-order valence-electron chi connectivity index (χ4n) is 3.07. The number of rotatable bonds is 5. The third-order valence-corrected chi connectivity index (χ3v) is 5.64. The van der Waals surface area contributed by atoms with Crippen LogP contribution in [0.15, 0.2) is 82.7 Å². The Morgan fingerprint density at radius 1 is 1.03 bits per heavy atom. The van der Waals surface area contributed by atoms with E-state index in [1.54, 1.807) is 54.6 Å². The molecule has 3 aromatic carbocycles. The second kappa shape index (κ2) is 8.36. The van der Waals surface area contributed by atoms with Crippen LogP contribution in [0.25, 0.3) is 16.6 Å². The van der Waals surface area contributed by atoms with Gasteiger partial charge in [0.2, 0.25) is 0 Å². The van der Waals surface area contributed by atoms with Crippen LogP contribution in [-0.2, 0) is 0 Å². The summed E-state index contributed by atoms with van der Waals surface area (Å²) < 4.78 is 1.50. The van der Waals surface area contributed by atoms with Crippen LogP contribution in [0.1, 0.15) is 21.5 Å². The van der Waals surface area contributed by atoms with Crippen LogP contribution in [0, 0.1) is 18.3 Å². The molecule has 0 radical (unpaired) electrons. The standard InChI is InChI=1S/C24H17N3O2S/c1-16-6-10-18(11-7-16)22(28)15-30-24-26-21-5-3-2-4-20(21)23(29)27(24)19-12-8-17(14-25)9-13-19/h2-13H,15H2,1H3. The third kappa shape index (κ3) is 3.88. The predicted molar refractivity (Wildman–Crippen MR) is 118 cm³/mol. The lowest BCUT2D eigenvalue weighted by Gasteiger charge is -2.13. The van der Waals surface area contributed by atoms with E-state index in [9.17, 15) is 9.59 Å². The maximum atomic E-state index is 13.2. The molecule has 5 nitrogen and oxygen atoms in total. The molecule has 0 spiro atoms. The van der Waals surface area contributed by atoms with Crippen molar-refractivity contribution in [1.29, 1.82) is 5.26 Å². The maximum absolute atomic E-state index is 13.2. The van der Waals surface area contributed by atoms with Crippen LogP contribution >= 0.6 is 11.8 Å². The summed E-state index contributed by atoms with van der Waals surface area (Å²) in [7, 11) is 0. The summed E-state index contributed by atoms with van der Waals surface area (Å²) in [6.45, 7) is 1.97. The van der Waals surface area contributed by atoms with Gasteiger partial charge in [0.05, 0.1) is 34.0 Å². The first-order valence-electron chi connectivity index (χ1n) is 9.32. The van der Waals surface area contributed by atoms with Gasteiger partial charge in [-0.25, -0.2) is 4.98 Å². The Labute approximate surface area is 177 Å². The quantitative estimate of drug-likeness (QED) is 0.274. The lowest BCUT2D eigenvalue weighted by Crippen LogP contribution is -2.22. The van der Waals surface area contributed by atoms with Crippen LogP contribution in [0.2, 0.25) is 0 Å². The topological polar surface area (TPSA) is 75.8 Å². The predicted octanol–water partition coefficient (Wildman–Crippen LogP) is 4.54. The molecule has 0 aliphatic rings. The molecule has 0 saturated heterocycles. The van der Waals surface area contributed by atoms with E-state index in [0.29, 0.717) is 32.9 Å². The number of hydrogen-bond acceptors (Lipinski definition) is 5. The number of fused-ring (bicyclic) bond motifs is 1. The zero-order valence-corrected chi connectivity index (χ0v) is 17.0. The molecular formula is C24H17N3O2S. The third-order valence-electron chi connectivity index (χ3n) is 4.71. The van der Waals surface area contributed by atoms with Crippen LogP contribution in [0.3, 0.4) is 0 Å². The van der Waals surface area contributed by atoms with Crippen molar-refractivity contribution in [3.63, 3.8) is 0 Å². The highest BCUT2D eigenvalue weighted by Crippen LogP contribution is 2.22. The molecule has 4 rings (SSSR count). The number of thioether (sulfide) groups is 1. The van der Waals surface area contributed by atoms with Gasteiger partial charge in [-0.15, -0.1) is 0 Å². The molecule has 146 valence electrons. The average Bonchev–Trinajstić information content (AvgIpc) is 2.78. The number of aryl methyl sites for hydroxylation is 1. The Bertz CT molecular complexity index is 1330. The van der Waals surface area contributed by atoms with Gasteiger partial charge in [0.25, 0.3) is 5.56 Å². The minimum Gasteiger partial charge on any atom is -0.293 e. The number of para-hydroxylation sites is 1. The Hall–Kier alpha value is -3.69. The number of Topliss-reactive ketones (excluding diaryl/α,β-unsaturated/α-hetero) is 1. The van der Waals surface area contributed by atoms with Crippen molar-refractivity contribution in [2.45, 2.75) is 12.1 Å². The van der Waals surface area contributed by atoms with E-state index < -0.39 is 0 Å². The van der Waals surface area contributed by atoms with Crippen molar-refractivity contribution in [2.24, 2.45) is 0 Å². The number of carbonyl (C=O) groups excluding carboxylic acids is 1. The van der Waals surface area contributed by atoms with E-state index in [4.69, 9.17) is 5.26 Å². The first-order chi connectivity index (χ1) is 14.6. The van der Waals surface area contributed by atoms with E-state index in [2.05, 4.69) is 11.1 Å². The first-order valence-corrected chi connectivity index (χ1v) is 10.3. The van der Waals surface area contributed by atoms with Gasteiger partial charge in [0.1, 0.15) is 0 Å². The molecule has 0 fully saturated rings. The lowest BCUT2D eigenvalue weighted by atomic mass is 10.1. The van der Waals surface area contributed by atoms with Crippen molar-refractivity contribution in [3.05, 3.63) is 99.8 Å². The molecule has 0 amide bonds. The van der Waals surface area contributed by atoms with Crippen LogP contribution in [0.5, 0.6) is 0 Å². The summed E-state index contributed by atoms with van der Waals surface area (Å²) in [6, 6.07) is 23.4. The summed E-state index contributed by atoms with van der Waals surface area (Å²) >= 11 is 1.23. The van der Waals surface area contributed by atoms with E-state index in [0.717, 1.165) is 5.56 Å². The van der Waals surface area contributed by atoms with Gasteiger partial charge in [-0.1, -0.05) is 53.7 Å². The summed E-state index contributed by atoms with van der Waals surface area (Å²) in [6.07, 6.45) is 0. The fourth-order valence-corrected chi connectivity index (χ4v) is 3.98. The normalized spacial score (nSPS) is 10.7. The monoisotopic (exact) mass is 411 g/mol. The number of nitrogens with zero attached hydrogens (tertiary/aromatic N) is 3. The molecule has 0 aliphatic carbocycles. The molecule has 30 heavy (non-hydrogen) atoms. The second-order valence-corrected chi connectivity index (χ2v) is 7.73. The van der Waals surface area contributed by atoms with Gasteiger partial charge in [-0.05, 0) is 43.3 Å². The van der Waals surface area contributed by atoms with Crippen molar-refractivity contribution in [1.82, 2.24) is 9.55 Å². The molecule has 0 N–H and O–H groups in total. The van der Waals surface area contributed by atoms with Crippen LogP contribution in [0.4, 0.5) is 0 Å². The SMILES string of the molecule is Cc1ccc(C(=O)CSc2nc3ccccc3c(=O)n2-c2ccc(C#N)cc2)cc1. The summed E-state index contributed by atoms with van der Waals surface area (Å²) in [5, 5.41) is 9.98. The Kier molecular flexibility index (Phi) is 5.46. The van der Waals surface area contributed by atoms with Gasteiger partial charge in [0, 0.05) is 5.56 Å². The minimum atomic E-state index is -0.212. The smallest absolute Gasteiger partial charge is 0.266 e.